The fourth-order valence-electron chi connectivity index (χ4n) is 4.22. The topological polar surface area (TPSA) is 114 Å². The lowest BCUT2D eigenvalue weighted by atomic mass is 10.0. The van der Waals surface area contributed by atoms with Gasteiger partial charge in [0.1, 0.15) is 29.1 Å². The van der Waals surface area contributed by atoms with Crippen molar-refractivity contribution >= 4 is 28.7 Å². The fourth-order valence-corrected chi connectivity index (χ4v) is 4.56. The van der Waals surface area contributed by atoms with Crippen molar-refractivity contribution in [2.45, 2.75) is 12.1 Å². The highest BCUT2D eigenvalue weighted by Crippen LogP contribution is 2.45. The summed E-state index contributed by atoms with van der Waals surface area (Å²) in [5, 5.41) is 25.5. The predicted octanol–water partition coefficient (Wildman–Crippen LogP) is 5.14. The van der Waals surface area contributed by atoms with Gasteiger partial charge >= 0.3 is 0 Å². The lowest BCUT2D eigenvalue weighted by Gasteiger charge is -2.26. The maximum atomic E-state index is 11.2. The standard InChI is InChI=1S/C25H20N4O5S/c1-33-22-14-15(29(31)32)9-10-16(22)20-11-12-21(34-20)24-23(17-6-4-5-13-26-17)27-25(35)28(24)18-7-2-3-8-19(18)30/h2-14,23-24,30H,1H3,(H,27,35)/t23-,24+/m0/s1. The average Bonchev–Trinajstić information content (AvgIpc) is 3.49. The molecule has 9 nitrogen and oxygen atoms in total. The highest BCUT2D eigenvalue weighted by molar-refractivity contribution is 7.80. The minimum absolute atomic E-state index is 0.0761. The number of thiocarbonyl (C=S) groups is 1. The quantitative estimate of drug-likeness (QED) is 0.216. The number of ether oxygens (including phenoxy) is 1. The number of non-ortho nitro benzene ring substituents is 1. The molecule has 2 aromatic carbocycles. The first-order valence-corrected chi connectivity index (χ1v) is 11.1. The number of phenols is 1. The van der Waals surface area contributed by atoms with Gasteiger partial charge in [-0.25, -0.2) is 0 Å². The van der Waals surface area contributed by atoms with Crippen LogP contribution in [-0.4, -0.2) is 27.2 Å². The molecule has 2 atom stereocenters. The van der Waals surface area contributed by atoms with Crippen molar-refractivity contribution in [3.05, 3.63) is 101 Å². The second-order valence-electron chi connectivity index (χ2n) is 7.83. The van der Waals surface area contributed by atoms with Gasteiger partial charge in [0, 0.05) is 12.3 Å². The SMILES string of the molecule is COc1cc([N+](=O)[O-])ccc1-c1ccc([C@@H]2[C@H](c3ccccn3)NC(=S)N2c2ccccc2O)o1. The fraction of sp³-hybridized carbons (Fsp3) is 0.120. The van der Waals surface area contributed by atoms with Gasteiger partial charge in [-0.3, -0.25) is 15.1 Å². The molecule has 1 fully saturated rings. The molecule has 0 saturated carbocycles. The van der Waals surface area contributed by atoms with E-state index in [2.05, 4.69) is 10.3 Å². The number of rotatable bonds is 6. The van der Waals surface area contributed by atoms with Crippen LogP contribution in [0.2, 0.25) is 0 Å². The zero-order valence-corrected chi connectivity index (χ0v) is 19.3. The molecule has 0 amide bonds. The maximum Gasteiger partial charge on any atom is 0.273 e. The molecule has 1 saturated heterocycles. The number of hydrogen-bond donors (Lipinski definition) is 2. The number of nitrogens with one attached hydrogen (secondary N) is 1. The van der Waals surface area contributed by atoms with E-state index >= 15 is 0 Å². The first-order chi connectivity index (χ1) is 17.0. The molecule has 0 aliphatic carbocycles. The lowest BCUT2D eigenvalue weighted by molar-refractivity contribution is -0.384. The van der Waals surface area contributed by atoms with Crippen LogP contribution in [0.15, 0.2) is 83.4 Å². The van der Waals surface area contributed by atoms with Crippen molar-refractivity contribution in [2.24, 2.45) is 0 Å². The summed E-state index contributed by atoms with van der Waals surface area (Å²) in [5.41, 5.74) is 1.77. The summed E-state index contributed by atoms with van der Waals surface area (Å²) < 4.78 is 11.7. The third-order valence-corrected chi connectivity index (χ3v) is 6.13. The van der Waals surface area contributed by atoms with Crippen LogP contribution < -0.4 is 15.0 Å². The number of hydrogen-bond acceptors (Lipinski definition) is 7. The van der Waals surface area contributed by atoms with Gasteiger partial charge in [0.05, 0.1) is 41.1 Å². The molecule has 0 unspecified atom stereocenters. The number of nitrogens with zero attached hydrogens (tertiary/aromatic N) is 3. The summed E-state index contributed by atoms with van der Waals surface area (Å²) in [7, 11) is 1.45. The molecule has 3 heterocycles. The molecule has 176 valence electrons. The number of furan rings is 1. The molecule has 5 rings (SSSR count). The van der Waals surface area contributed by atoms with E-state index in [1.165, 1.54) is 19.2 Å². The molecule has 1 aliphatic rings. The predicted molar refractivity (Wildman–Crippen MR) is 133 cm³/mol. The van der Waals surface area contributed by atoms with Crippen LogP contribution in [0.1, 0.15) is 23.5 Å². The van der Waals surface area contributed by atoms with Crippen molar-refractivity contribution in [3.63, 3.8) is 0 Å². The van der Waals surface area contributed by atoms with E-state index in [1.54, 1.807) is 41.4 Å². The van der Waals surface area contributed by atoms with Crippen LogP contribution in [0.4, 0.5) is 11.4 Å². The molecular weight excluding hydrogens is 468 g/mol. The van der Waals surface area contributed by atoms with Crippen LogP contribution in [-0.2, 0) is 0 Å². The van der Waals surface area contributed by atoms with E-state index in [0.717, 1.165) is 5.69 Å². The average molecular weight is 489 g/mol. The summed E-state index contributed by atoms with van der Waals surface area (Å²) in [6, 6.07) is 19.7. The molecule has 4 aromatic rings. The second kappa shape index (κ2) is 9.07. The van der Waals surface area contributed by atoms with E-state index in [4.69, 9.17) is 21.4 Å². The van der Waals surface area contributed by atoms with Crippen molar-refractivity contribution in [2.75, 3.05) is 12.0 Å². The number of phenolic OH excluding ortho intramolecular Hbond substituents is 1. The second-order valence-corrected chi connectivity index (χ2v) is 8.22. The summed E-state index contributed by atoms with van der Waals surface area (Å²) >= 11 is 5.67. The monoisotopic (exact) mass is 488 g/mol. The van der Waals surface area contributed by atoms with Gasteiger partial charge in [-0.1, -0.05) is 18.2 Å². The number of para-hydroxylation sites is 2. The van der Waals surface area contributed by atoms with E-state index in [0.29, 0.717) is 33.6 Å². The van der Waals surface area contributed by atoms with Gasteiger partial charge in [-0.15, -0.1) is 0 Å². The van der Waals surface area contributed by atoms with Crippen LogP contribution in [0, 0.1) is 10.1 Å². The van der Waals surface area contributed by atoms with Crippen LogP contribution in [0.3, 0.4) is 0 Å². The van der Waals surface area contributed by atoms with Crippen LogP contribution in [0.5, 0.6) is 11.5 Å². The van der Waals surface area contributed by atoms with Gasteiger partial charge in [0.15, 0.2) is 5.11 Å². The number of nitro groups is 1. The number of aromatic hydroxyl groups is 1. The Labute approximate surface area is 205 Å². The molecule has 2 aromatic heterocycles. The Morgan fingerprint density at radius 2 is 1.94 bits per heavy atom. The maximum absolute atomic E-state index is 11.2. The molecule has 0 spiro atoms. The Morgan fingerprint density at radius 3 is 2.66 bits per heavy atom. The van der Waals surface area contributed by atoms with Gasteiger partial charge in [-0.05, 0) is 54.7 Å². The first kappa shape index (κ1) is 22.4. The minimum Gasteiger partial charge on any atom is -0.506 e. The van der Waals surface area contributed by atoms with Gasteiger partial charge in [0.25, 0.3) is 5.69 Å². The Kier molecular flexibility index (Phi) is 5.79. The number of benzene rings is 2. The van der Waals surface area contributed by atoms with E-state index < -0.39 is 11.0 Å². The zero-order valence-electron chi connectivity index (χ0n) is 18.5. The highest BCUT2D eigenvalue weighted by atomic mass is 32.1. The molecule has 0 radical (unpaired) electrons. The molecule has 2 N–H and O–H groups in total. The largest absolute Gasteiger partial charge is 0.506 e. The summed E-state index contributed by atoms with van der Waals surface area (Å²) in [4.78, 5) is 17.0. The van der Waals surface area contributed by atoms with Gasteiger partial charge in [-0.2, -0.15) is 0 Å². The molecule has 10 heteroatoms. The first-order valence-electron chi connectivity index (χ1n) is 10.7. The number of methoxy groups -OCH3 is 1. The normalized spacial score (nSPS) is 17.3. The summed E-state index contributed by atoms with van der Waals surface area (Å²) in [6.45, 7) is 0. The Bertz CT molecular complexity index is 1410. The third kappa shape index (κ3) is 4.04. The van der Waals surface area contributed by atoms with Crippen LogP contribution >= 0.6 is 12.2 Å². The Balaban J connectivity index is 1.61. The molecule has 35 heavy (non-hydrogen) atoms. The van der Waals surface area contributed by atoms with Crippen molar-refractivity contribution in [1.82, 2.24) is 10.3 Å². The highest BCUT2D eigenvalue weighted by Gasteiger charge is 2.43. The summed E-state index contributed by atoms with van der Waals surface area (Å²) in [6.07, 6.45) is 1.70. The van der Waals surface area contributed by atoms with Crippen molar-refractivity contribution in [1.29, 1.82) is 0 Å². The van der Waals surface area contributed by atoms with E-state index in [9.17, 15) is 15.2 Å². The lowest BCUT2D eigenvalue weighted by Crippen LogP contribution is -2.29. The smallest absolute Gasteiger partial charge is 0.273 e. The Morgan fingerprint density at radius 1 is 1.14 bits per heavy atom. The van der Waals surface area contributed by atoms with Crippen molar-refractivity contribution in [3.8, 4) is 22.8 Å². The Hall–Kier alpha value is -4.44. The molecule has 0 bridgehead atoms. The number of anilines is 1. The minimum atomic E-state index is -0.479. The zero-order chi connectivity index (χ0) is 24.5. The van der Waals surface area contributed by atoms with Crippen LogP contribution in [0.25, 0.3) is 11.3 Å². The number of nitro benzene ring substituents is 1. The summed E-state index contributed by atoms with van der Waals surface area (Å²) in [5.74, 6) is 1.43. The molecule has 1 aliphatic heterocycles. The number of pyridine rings is 1. The van der Waals surface area contributed by atoms with Gasteiger partial charge < -0.3 is 24.5 Å². The third-order valence-electron chi connectivity index (χ3n) is 5.82. The number of aromatic nitrogens is 1. The van der Waals surface area contributed by atoms with E-state index in [-0.39, 0.29) is 17.5 Å². The van der Waals surface area contributed by atoms with Crippen molar-refractivity contribution < 1.29 is 19.2 Å². The molecular formula is C25H20N4O5S. The van der Waals surface area contributed by atoms with Gasteiger partial charge in [0.2, 0.25) is 0 Å². The van der Waals surface area contributed by atoms with E-state index in [1.807, 2.05) is 30.3 Å².